The molecule has 28 heavy (non-hydrogen) atoms. The molecule has 0 spiro atoms. The van der Waals surface area contributed by atoms with Crippen LogP contribution in [0.15, 0.2) is 60.0 Å². The Morgan fingerprint density at radius 3 is 2.57 bits per heavy atom. The minimum Gasteiger partial charge on any atom is -0.454 e. The molecule has 1 amide bonds. The van der Waals surface area contributed by atoms with E-state index >= 15 is 0 Å². The zero-order valence-corrected chi connectivity index (χ0v) is 15.1. The number of thiophene rings is 1. The predicted molar refractivity (Wildman–Crippen MR) is 99.7 cm³/mol. The number of hydrogen-bond donors (Lipinski definition) is 1. The third-order valence-electron chi connectivity index (χ3n) is 3.66. The first kappa shape index (κ1) is 19.4. The number of esters is 1. The zero-order valence-electron chi connectivity index (χ0n) is 14.3. The lowest BCUT2D eigenvalue weighted by Gasteiger charge is -2.08. The SMILES string of the molecule is O=C(OCC(=O)c1cc(F)ccc1F)c1cccc(NC(=O)c2cccs2)c1. The van der Waals surface area contributed by atoms with Crippen molar-refractivity contribution in [3.63, 3.8) is 0 Å². The normalized spacial score (nSPS) is 10.4. The summed E-state index contributed by atoms with van der Waals surface area (Å²) in [5.74, 6) is -3.70. The highest BCUT2D eigenvalue weighted by atomic mass is 32.1. The van der Waals surface area contributed by atoms with Crippen LogP contribution in [0.1, 0.15) is 30.4 Å². The van der Waals surface area contributed by atoms with Gasteiger partial charge in [-0.3, -0.25) is 9.59 Å². The summed E-state index contributed by atoms with van der Waals surface area (Å²) in [6.45, 7) is -0.745. The van der Waals surface area contributed by atoms with E-state index in [0.29, 0.717) is 10.6 Å². The van der Waals surface area contributed by atoms with Gasteiger partial charge in [0.15, 0.2) is 6.61 Å². The van der Waals surface area contributed by atoms with Crippen LogP contribution in [-0.4, -0.2) is 24.3 Å². The first-order chi connectivity index (χ1) is 13.4. The molecule has 1 aromatic heterocycles. The van der Waals surface area contributed by atoms with Crippen LogP contribution in [0.2, 0.25) is 0 Å². The average Bonchev–Trinajstić information content (AvgIpc) is 3.23. The van der Waals surface area contributed by atoms with Gasteiger partial charge in [-0.2, -0.15) is 0 Å². The molecule has 1 heterocycles. The van der Waals surface area contributed by atoms with E-state index < -0.39 is 35.6 Å². The Hall–Kier alpha value is -3.39. The Kier molecular flexibility index (Phi) is 5.90. The number of benzene rings is 2. The topological polar surface area (TPSA) is 72.5 Å². The van der Waals surface area contributed by atoms with E-state index in [-0.39, 0.29) is 11.5 Å². The van der Waals surface area contributed by atoms with Gasteiger partial charge >= 0.3 is 5.97 Å². The third kappa shape index (κ3) is 4.66. The number of carbonyl (C=O) groups excluding carboxylic acids is 3. The first-order valence-electron chi connectivity index (χ1n) is 8.04. The molecule has 0 radical (unpaired) electrons. The molecule has 0 aliphatic carbocycles. The van der Waals surface area contributed by atoms with Crippen LogP contribution in [0, 0.1) is 11.6 Å². The molecule has 0 aliphatic rings. The second-order valence-corrected chi connectivity index (χ2v) is 6.58. The van der Waals surface area contributed by atoms with E-state index in [9.17, 15) is 23.2 Å². The van der Waals surface area contributed by atoms with Gasteiger partial charge < -0.3 is 10.1 Å². The quantitative estimate of drug-likeness (QED) is 0.493. The molecule has 0 fully saturated rings. The van der Waals surface area contributed by atoms with E-state index in [1.165, 1.54) is 29.5 Å². The number of anilines is 1. The van der Waals surface area contributed by atoms with Crippen molar-refractivity contribution >= 4 is 34.7 Å². The fraction of sp³-hybridized carbons (Fsp3) is 0.0500. The van der Waals surface area contributed by atoms with Crippen molar-refractivity contribution in [1.29, 1.82) is 0 Å². The fourth-order valence-electron chi connectivity index (χ4n) is 2.33. The van der Waals surface area contributed by atoms with Crippen molar-refractivity contribution < 1.29 is 27.9 Å². The van der Waals surface area contributed by atoms with Crippen LogP contribution in [0.5, 0.6) is 0 Å². The molecule has 1 N–H and O–H groups in total. The van der Waals surface area contributed by atoms with Crippen LogP contribution in [-0.2, 0) is 4.74 Å². The number of rotatable bonds is 6. The van der Waals surface area contributed by atoms with E-state index in [0.717, 1.165) is 18.2 Å². The van der Waals surface area contributed by atoms with Gasteiger partial charge in [0.1, 0.15) is 11.6 Å². The van der Waals surface area contributed by atoms with Gasteiger partial charge in [-0.05, 0) is 47.8 Å². The van der Waals surface area contributed by atoms with Crippen LogP contribution >= 0.6 is 11.3 Å². The number of Topliss-reactive ketones (excluding diaryl/α,β-unsaturated/α-hetero) is 1. The molecule has 8 heteroatoms. The van der Waals surface area contributed by atoms with Gasteiger partial charge in [0, 0.05) is 5.69 Å². The second-order valence-electron chi connectivity index (χ2n) is 5.64. The van der Waals surface area contributed by atoms with Crippen LogP contribution < -0.4 is 5.32 Å². The Balaban J connectivity index is 1.64. The fourth-order valence-corrected chi connectivity index (χ4v) is 2.95. The van der Waals surface area contributed by atoms with E-state index in [1.807, 2.05) is 0 Å². The number of hydrogen-bond acceptors (Lipinski definition) is 5. The summed E-state index contributed by atoms with van der Waals surface area (Å²) in [5.41, 5.74) is -0.0309. The molecular formula is C20H13F2NO4S. The van der Waals surface area contributed by atoms with Crippen LogP contribution in [0.4, 0.5) is 14.5 Å². The monoisotopic (exact) mass is 401 g/mol. The second kappa shape index (κ2) is 8.53. The number of ketones is 1. The smallest absolute Gasteiger partial charge is 0.338 e. The van der Waals surface area contributed by atoms with Crippen molar-refractivity contribution in [2.45, 2.75) is 0 Å². The van der Waals surface area contributed by atoms with Crippen molar-refractivity contribution in [1.82, 2.24) is 0 Å². The molecule has 0 unspecified atom stereocenters. The standard InChI is InChI=1S/C20H13F2NO4S/c21-13-6-7-16(22)15(10-13)17(24)11-27-20(26)12-3-1-4-14(9-12)23-19(25)18-5-2-8-28-18/h1-10H,11H2,(H,23,25). The summed E-state index contributed by atoms with van der Waals surface area (Å²) >= 11 is 1.27. The maximum Gasteiger partial charge on any atom is 0.338 e. The highest BCUT2D eigenvalue weighted by Crippen LogP contribution is 2.16. The third-order valence-corrected chi connectivity index (χ3v) is 4.53. The largest absolute Gasteiger partial charge is 0.454 e. The average molecular weight is 401 g/mol. The Morgan fingerprint density at radius 2 is 1.82 bits per heavy atom. The summed E-state index contributed by atoms with van der Waals surface area (Å²) in [7, 11) is 0. The molecule has 0 bridgehead atoms. The Labute approximate surface area is 162 Å². The van der Waals surface area contributed by atoms with E-state index in [2.05, 4.69) is 5.32 Å². The molecule has 0 saturated heterocycles. The maximum atomic E-state index is 13.6. The van der Waals surface area contributed by atoms with Crippen molar-refractivity contribution in [3.05, 3.63) is 87.6 Å². The lowest BCUT2D eigenvalue weighted by atomic mass is 10.1. The number of amides is 1. The van der Waals surface area contributed by atoms with Gasteiger partial charge in [0.05, 0.1) is 16.0 Å². The number of nitrogens with one attached hydrogen (secondary N) is 1. The van der Waals surface area contributed by atoms with Crippen LogP contribution in [0.25, 0.3) is 0 Å². The molecule has 3 rings (SSSR count). The Morgan fingerprint density at radius 1 is 1.00 bits per heavy atom. The first-order valence-corrected chi connectivity index (χ1v) is 8.92. The molecule has 0 atom stereocenters. The number of halogens is 2. The van der Waals surface area contributed by atoms with Gasteiger partial charge in [-0.15, -0.1) is 11.3 Å². The van der Waals surface area contributed by atoms with Crippen molar-refractivity contribution in [2.75, 3.05) is 11.9 Å². The molecule has 5 nitrogen and oxygen atoms in total. The molecule has 3 aromatic rings. The molecule has 0 aliphatic heterocycles. The van der Waals surface area contributed by atoms with Crippen molar-refractivity contribution in [2.24, 2.45) is 0 Å². The van der Waals surface area contributed by atoms with Gasteiger partial charge in [0.2, 0.25) is 5.78 Å². The summed E-state index contributed by atoms with van der Waals surface area (Å²) in [4.78, 5) is 36.7. The number of ether oxygens (including phenoxy) is 1. The highest BCUT2D eigenvalue weighted by Gasteiger charge is 2.16. The van der Waals surface area contributed by atoms with Gasteiger partial charge in [0.25, 0.3) is 5.91 Å². The molecule has 142 valence electrons. The molecule has 2 aromatic carbocycles. The van der Waals surface area contributed by atoms with Gasteiger partial charge in [-0.25, -0.2) is 13.6 Å². The maximum absolute atomic E-state index is 13.6. The molecule has 0 saturated carbocycles. The summed E-state index contributed by atoms with van der Waals surface area (Å²) in [5, 5.41) is 4.41. The predicted octanol–water partition coefficient (Wildman–Crippen LogP) is 4.32. The summed E-state index contributed by atoms with van der Waals surface area (Å²) in [6, 6.07) is 11.8. The van der Waals surface area contributed by atoms with Crippen LogP contribution in [0.3, 0.4) is 0 Å². The Bertz CT molecular complexity index is 1030. The van der Waals surface area contributed by atoms with E-state index in [1.54, 1.807) is 23.6 Å². The highest BCUT2D eigenvalue weighted by molar-refractivity contribution is 7.12. The van der Waals surface area contributed by atoms with Gasteiger partial charge in [-0.1, -0.05) is 12.1 Å². The minimum absolute atomic E-state index is 0.0940. The lowest BCUT2D eigenvalue weighted by Crippen LogP contribution is -2.16. The zero-order chi connectivity index (χ0) is 20.1. The summed E-state index contributed by atoms with van der Waals surface area (Å²) in [6.07, 6.45) is 0. The summed E-state index contributed by atoms with van der Waals surface area (Å²) < 4.78 is 31.6. The number of carbonyl (C=O) groups is 3. The molecular weight excluding hydrogens is 388 g/mol. The van der Waals surface area contributed by atoms with E-state index in [4.69, 9.17) is 4.74 Å². The minimum atomic E-state index is -0.902. The lowest BCUT2D eigenvalue weighted by molar-refractivity contribution is 0.0473. The van der Waals surface area contributed by atoms with Crippen molar-refractivity contribution in [3.8, 4) is 0 Å².